The molecule has 1 saturated heterocycles. The van der Waals surface area contributed by atoms with Gasteiger partial charge in [0.15, 0.2) is 0 Å². The molecule has 90 valence electrons. The Balaban J connectivity index is 1.87. The van der Waals surface area contributed by atoms with E-state index in [0.717, 1.165) is 18.6 Å². The summed E-state index contributed by atoms with van der Waals surface area (Å²) in [5.74, 6) is 0. The van der Waals surface area contributed by atoms with Crippen LogP contribution in [0.15, 0.2) is 24.3 Å². The fraction of sp³-hybridized carbons (Fsp3) is 0.500. The van der Waals surface area contributed by atoms with Gasteiger partial charge in [0.25, 0.3) is 0 Å². The summed E-state index contributed by atoms with van der Waals surface area (Å²) in [6, 6.07) is 8.98. The summed E-state index contributed by atoms with van der Waals surface area (Å²) in [6.45, 7) is 4.32. The third-order valence-corrected chi connectivity index (χ3v) is 3.72. The maximum atomic E-state index is 4.68. The van der Waals surface area contributed by atoms with Crippen LogP contribution in [-0.4, -0.2) is 22.4 Å². The summed E-state index contributed by atoms with van der Waals surface area (Å²) < 4.78 is 2.16. The Bertz CT molecular complexity index is 509. The molecule has 3 heteroatoms. The molecule has 1 aliphatic rings. The molecule has 0 aliphatic carbocycles. The van der Waals surface area contributed by atoms with Crippen LogP contribution in [0.25, 0.3) is 10.9 Å². The Labute approximate surface area is 102 Å². The van der Waals surface area contributed by atoms with Gasteiger partial charge in [-0.3, -0.25) is 4.68 Å². The van der Waals surface area contributed by atoms with Crippen molar-refractivity contribution in [2.45, 2.75) is 38.8 Å². The summed E-state index contributed by atoms with van der Waals surface area (Å²) in [5.41, 5.74) is 2.40. The summed E-state index contributed by atoms with van der Waals surface area (Å²) >= 11 is 0. The zero-order chi connectivity index (χ0) is 11.7. The van der Waals surface area contributed by atoms with Crippen LogP contribution in [0.5, 0.6) is 0 Å². The Morgan fingerprint density at radius 3 is 3.00 bits per heavy atom. The Morgan fingerprint density at radius 1 is 1.35 bits per heavy atom. The van der Waals surface area contributed by atoms with Crippen LogP contribution >= 0.6 is 0 Å². The summed E-state index contributed by atoms with van der Waals surface area (Å²) in [5, 5.41) is 9.54. The van der Waals surface area contributed by atoms with Gasteiger partial charge in [0.1, 0.15) is 0 Å². The van der Waals surface area contributed by atoms with Crippen molar-refractivity contribution in [2.75, 3.05) is 6.54 Å². The van der Waals surface area contributed by atoms with Crippen molar-refractivity contribution in [2.24, 2.45) is 0 Å². The number of fused-ring (bicyclic) bond motifs is 1. The lowest BCUT2D eigenvalue weighted by atomic mass is 10.1. The van der Waals surface area contributed by atoms with Gasteiger partial charge in [-0.15, -0.1) is 0 Å². The molecule has 1 fully saturated rings. The number of rotatable bonds is 2. The van der Waals surface area contributed by atoms with Gasteiger partial charge in [0.05, 0.1) is 12.1 Å². The van der Waals surface area contributed by atoms with Crippen molar-refractivity contribution in [1.29, 1.82) is 0 Å². The predicted octanol–water partition coefficient (Wildman–Crippen LogP) is 2.49. The highest BCUT2D eigenvalue weighted by molar-refractivity contribution is 5.81. The van der Waals surface area contributed by atoms with E-state index in [1.807, 2.05) is 0 Å². The van der Waals surface area contributed by atoms with Crippen molar-refractivity contribution in [3.8, 4) is 0 Å². The third-order valence-electron chi connectivity index (χ3n) is 3.72. The molecule has 1 N–H and O–H groups in total. The number of nitrogens with zero attached hydrogens (tertiary/aromatic N) is 2. The van der Waals surface area contributed by atoms with Gasteiger partial charge in [-0.2, -0.15) is 5.10 Å². The quantitative estimate of drug-likeness (QED) is 0.857. The molecule has 0 amide bonds. The first-order valence-electron chi connectivity index (χ1n) is 6.50. The van der Waals surface area contributed by atoms with Crippen molar-refractivity contribution in [3.63, 3.8) is 0 Å². The number of hydrogen-bond donors (Lipinski definition) is 1. The van der Waals surface area contributed by atoms with Crippen molar-refractivity contribution in [1.82, 2.24) is 15.1 Å². The van der Waals surface area contributed by atoms with E-state index in [1.165, 1.54) is 30.3 Å². The average molecular weight is 229 g/mol. The lowest BCUT2D eigenvalue weighted by molar-refractivity contribution is 0.349. The van der Waals surface area contributed by atoms with Crippen molar-refractivity contribution >= 4 is 10.9 Å². The van der Waals surface area contributed by atoms with Gasteiger partial charge >= 0.3 is 0 Å². The zero-order valence-corrected chi connectivity index (χ0v) is 10.3. The van der Waals surface area contributed by atoms with Crippen LogP contribution in [0, 0.1) is 6.92 Å². The van der Waals surface area contributed by atoms with Crippen LogP contribution in [-0.2, 0) is 6.54 Å². The molecule has 0 bridgehead atoms. The van der Waals surface area contributed by atoms with Gasteiger partial charge in [-0.05, 0) is 32.4 Å². The monoisotopic (exact) mass is 229 g/mol. The first-order valence-corrected chi connectivity index (χ1v) is 6.50. The van der Waals surface area contributed by atoms with E-state index in [1.54, 1.807) is 0 Å². The highest BCUT2D eigenvalue weighted by Crippen LogP contribution is 2.18. The number of aromatic nitrogens is 2. The van der Waals surface area contributed by atoms with E-state index in [9.17, 15) is 0 Å². The van der Waals surface area contributed by atoms with Gasteiger partial charge in [-0.1, -0.05) is 24.6 Å². The van der Waals surface area contributed by atoms with Gasteiger partial charge in [-0.25, -0.2) is 0 Å². The first-order chi connectivity index (χ1) is 8.34. The van der Waals surface area contributed by atoms with E-state index < -0.39 is 0 Å². The maximum absolute atomic E-state index is 4.68. The molecule has 1 aliphatic heterocycles. The smallest absolute Gasteiger partial charge is 0.0926 e. The van der Waals surface area contributed by atoms with Crippen LogP contribution in [0.1, 0.15) is 25.0 Å². The fourth-order valence-corrected chi connectivity index (χ4v) is 2.68. The van der Waals surface area contributed by atoms with E-state index in [4.69, 9.17) is 0 Å². The SMILES string of the molecule is Cc1c2ccccc2nn1CC1CCCCN1. The van der Waals surface area contributed by atoms with Crippen LogP contribution < -0.4 is 5.32 Å². The normalized spacial score (nSPS) is 20.9. The minimum atomic E-state index is 0.594. The molecule has 0 radical (unpaired) electrons. The summed E-state index contributed by atoms with van der Waals surface area (Å²) in [4.78, 5) is 0. The number of aryl methyl sites for hydroxylation is 1. The average Bonchev–Trinajstić information content (AvgIpc) is 2.68. The largest absolute Gasteiger partial charge is 0.312 e. The minimum absolute atomic E-state index is 0.594. The fourth-order valence-electron chi connectivity index (χ4n) is 2.68. The van der Waals surface area contributed by atoms with Crippen molar-refractivity contribution < 1.29 is 0 Å². The lowest BCUT2D eigenvalue weighted by Crippen LogP contribution is -2.37. The van der Waals surface area contributed by atoms with E-state index in [2.05, 4.69) is 46.3 Å². The third kappa shape index (κ3) is 2.07. The molecule has 2 aromatic rings. The van der Waals surface area contributed by atoms with Crippen LogP contribution in [0.2, 0.25) is 0 Å². The lowest BCUT2D eigenvalue weighted by Gasteiger charge is -2.23. The molecule has 3 nitrogen and oxygen atoms in total. The number of piperidine rings is 1. The molecule has 1 atom stereocenters. The molecule has 1 unspecified atom stereocenters. The highest BCUT2D eigenvalue weighted by atomic mass is 15.3. The zero-order valence-electron chi connectivity index (χ0n) is 10.3. The molecule has 1 aromatic carbocycles. The Kier molecular flexibility index (Phi) is 2.85. The Morgan fingerprint density at radius 2 is 2.24 bits per heavy atom. The van der Waals surface area contributed by atoms with Crippen LogP contribution in [0.4, 0.5) is 0 Å². The van der Waals surface area contributed by atoms with Crippen molar-refractivity contribution in [3.05, 3.63) is 30.0 Å². The maximum Gasteiger partial charge on any atom is 0.0926 e. The molecule has 3 rings (SSSR count). The molecule has 0 saturated carbocycles. The molecular formula is C14H19N3. The molecule has 1 aromatic heterocycles. The van der Waals surface area contributed by atoms with E-state index in [-0.39, 0.29) is 0 Å². The molecule has 17 heavy (non-hydrogen) atoms. The highest BCUT2D eigenvalue weighted by Gasteiger charge is 2.15. The first kappa shape index (κ1) is 10.8. The topological polar surface area (TPSA) is 29.9 Å². The van der Waals surface area contributed by atoms with E-state index >= 15 is 0 Å². The van der Waals surface area contributed by atoms with E-state index in [0.29, 0.717) is 6.04 Å². The van der Waals surface area contributed by atoms with Gasteiger partial charge in [0.2, 0.25) is 0 Å². The Hall–Kier alpha value is -1.35. The van der Waals surface area contributed by atoms with Gasteiger partial charge < -0.3 is 5.32 Å². The molecular weight excluding hydrogens is 210 g/mol. The second kappa shape index (κ2) is 4.49. The summed E-state index contributed by atoms with van der Waals surface area (Å²) in [6.07, 6.45) is 3.93. The number of benzene rings is 1. The number of nitrogens with one attached hydrogen (secondary N) is 1. The van der Waals surface area contributed by atoms with Gasteiger partial charge in [0, 0.05) is 17.1 Å². The second-order valence-electron chi connectivity index (χ2n) is 4.93. The molecule has 2 heterocycles. The predicted molar refractivity (Wildman–Crippen MR) is 70.1 cm³/mol. The minimum Gasteiger partial charge on any atom is -0.312 e. The summed E-state index contributed by atoms with van der Waals surface area (Å²) in [7, 11) is 0. The molecule has 0 spiro atoms. The number of hydrogen-bond acceptors (Lipinski definition) is 2. The standard InChI is InChI=1S/C14H19N3/c1-11-13-7-2-3-8-14(13)16-17(11)10-12-6-4-5-9-15-12/h2-3,7-8,12,15H,4-6,9-10H2,1H3. The second-order valence-corrected chi connectivity index (χ2v) is 4.93. The van der Waals surface area contributed by atoms with Crippen LogP contribution in [0.3, 0.4) is 0 Å².